The second-order valence-corrected chi connectivity index (χ2v) is 3.50. The number of carbonyl (C=O) groups is 1. The number of anilines is 2. The molecule has 0 aliphatic heterocycles. The number of aliphatic hydroxyl groups is 1. The maximum Gasteiger partial charge on any atom is 0.337 e. The van der Waals surface area contributed by atoms with Gasteiger partial charge in [0.1, 0.15) is 5.82 Å². The number of halogens is 2. The van der Waals surface area contributed by atoms with Crippen molar-refractivity contribution in [3.05, 3.63) is 17.8 Å². The Kier molecular flexibility index (Phi) is 4.78. The minimum atomic E-state index is -2.62. The molecule has 0 aromatic carbocycles. The summed E-state index contributed by atoms with van der Waals surface area (Å²) in [6, 6.07) is 1.11. The van der Waals surface area contributed by atoms with E-state index in [1.54, 1.807) is 0 Å². The van der Waals surface area contributed by atoms with Crippen LogP contribution in [0.3, 0.4) is 0 Å². The molecule has 1 aromatic heterocycles. The van der Waals surface area contributed by atoms with Gasteiger partial charge in [-0.3, -0.25) is 0 Å². The number of aliphatic hydroxyl groups excluding tert-OH is 1. The fraction of sp³-hybridized carbons (Fsp3) is 0.400. The van der Waals surface area contributed by atoms with Gasteiger partial charge in [-0.1, -0.05) is 0 Å². The first-order valence-corrected chi connectivity index (χ1v) is 5.08. The van der Waals surface area contributed by atoms with Crippen molar-refractivity contribution < 1.29 is 23.8 Å². The number of aromatic nitrogens is 1. The van der Waals surface area contributed by atoms with E-state index in [2.05, 4.69) is 4.98 Å². The molecule has 0 saturated carbocycles. The summed E-state index contributed by atoms with van der Waals surface area (Å²) in [6.07, 6.45) is -1.53. The normalized spacial score (nSPS) is 10.7. The first-order valence-electron chi connectivity index (χ1n) is 5.08. The molecular formula is C10H13F2N3O3. The zero-order valence-corrected chi connectivity index (χ0v) is 9.38. The van der Waals surface area contributed by atoms with Crippen molar-refractivity contribution in [3.8, 4) is 0 Å². The summed E-state index contributed by atoms with van der Waals surface area (Å²) in [6.45, 7) is -1.06. The maximum atomic E-state index is 12.3. The molecule has 100 valence electrons. The number of carboxylic acids is 1. The summed E-state index contributed by atoms with van der Waals surface area (Å²) in [5, 5.41) is 17.6. The number of nitrogen functional groups attached to an aromatic ring is 1. The van der Waals surface area contributed by atoms with Gasteiger partial charge < -0.3 is 20.8 Å². The molecule has 0 fully saturated rings. The summed E-state index contributed by atoms with van der Waals surface area (Å²) >= 11 is 0. The van der Waals surface area contributed by atoms with Crippen LogP contribution in [0.1, 0.15) is 10.4 Å². The summed E-state index contributed by atoms with van der Waals surface area (Å²) in [5.74, 6) is -1.23. The number of alkyl halides is 2. The Bertz CT molecular complexity index is 429. The van der Waals surface area contributed by atoms with E-state index in [0.717, 1.165) is 17.2 Å². The fourth-order valence-corrected chi connectivity index (χ4v) is 1.40. The third kappa shape index (κ3) is 3.52. The topological polar surface area (TPSA) is 99.7 Å². The fourth-order valence-electron chi connectivity index (χ4n) is 1.40. The predicted molar refractivity (Wildman–Crippen MR) is 60.9 cm³/mol. The van der Waals surface area contributed by atoms with Crippen molar-refractivity contribution in [3.63, 3.8) is 0 Å². The van der Waals surface area contributed by atoms with E-state index < -0.39 is 18.9 Å². The monoisotopic (exact) mass is 261 g/mol. The number of hydrogen-bond donors (Lipinski definition) is 3. The van der Waals surface area contributed by atoms with Gasteiger partial charge >= 0.3 is 5.97 Å². The molecule has 18 heavy (non-hydrogen) atoms. The molecule has 8 heteroatoms. The van der Waals surface area contributed by atoms with Crippen molar-refractivity contribution in [1.82, 2.24) is 4.98 Å². The molecule has 0 aliphatic rings. The number of nitrogens with zero attached hydrogens (tertiary/aromatic N) is 2. The Labute approximate surface area is 102 Å². The number of aromatic carboxylic acids is 1. The minimum Gasteiger partial charge on any atom is -0.478 e. The highest BCUT2D eigenvalue weighted by Gasteiger charge is 2.17. The van der Waals surface area contributed by atoms with Crippen molar-refractivity contribution in [1.29, 1.82) is 0 Å². The average Bonchev–Trinajstić information content (AvgIpc) is 2.28. The van der Waals surface area contributed by atoms with Crippen LogP contribution in [-0.4, -0.2) is 47.3 Å². The van der Waals surface area contributed by atoms with Crippen molar-refractivity contribution in [2.75, 3.05) is 30.3 Å². The van der Waals surface area contributed by atoms with E-state index in [1.165, 1.54) is 0 Å². The Morgan fingerprint density at radius 2 is 2.22 bits per heavy atom. The van der Waals surface area contributed by atoms with Crippen LogP contribution >= 0.6 is 0 Å². The summed E-state index contributed by atoms with van der Waals surface area (Å²) in [5.41, 5.74) is 5.15. The first kappa shape index (κ1) is 14.1. The molecule has 0 unspecified atom stereocenters. The average molecular weight is 261 g/mol. The Morgan fingerprint density at radius 3 is 2.72 bits per heavy atom. The number of pyridine rings is 1. The van der Waals surface area contributed by atoms with Gasteiger partial charge in [0.25, 0.3) is 6.43 Å². The van der Waals surface area contributed by atoms with Crippen LogP contribution in [0.2, 0.25) is 0 Å². The van der Waals surface area contributed by atoms with Crippen LogP contribution in [0.4, 0.5) is 20.3 Å². The van der Waals surface area contributed by atoms with Crippen LogP contribution in [0, 0.1) is 0 Å². The van der Waals surface area contributed by atoms with E-state index in [1.807, 2.05) is 0 Å². The van der Waals surface area contributed by atoms with Gasteiger partial charge in [0.05, 0.1) is 30.6 Å². The number of rotatable bonds is 6. The van der Waals surface area contributed by atoms with Gasteiger partial charge in [-0.15, -0.1) is 0 Å². The minimum absolute atomic E-state index is 0.0379. The molecule has 1 aromatic rings. The Hall–Kier alpha value is -1.96. The summed E-state index contributed by atoms with van der Waals surface area (Å²) in [7, 11) is 0. The van der Waals surface area contributed by atoms with E-state index in [0.29, 0.717) is 0 Å². The van der Waals surface area contributed by atoms with Gasteiger partial charge in [-0.2, -0.15) is 0 Å². The van der Waals surface area contributed by atoms with Crippen LogP contribution in [-0.2, 0) is 0 Å². The third-order valence-corrected chi connectivity index (χ3v) is 2.20. The zero-order valence-electron chi connectivity index (χ0n) is 9.38. The van der Waals surface area contributed by atoms with Crippen molar-refractivity contribution in [2.24, 2.45) is 0 Å². The van der Waals surface area contributed by atoms with Gasteiger partial charge in [0, 0.05) is 6.54 Å². The summed E-state index contributed by atoms with van der Waals surface area (Å²) in [4.78, 5) is 15.7. The van der Waals surface area contributed by atoms with Crippen LogP contribution in [0.5, 0.6) is 0 Å². The molecule has 0 aliphatic carbocycles. The lowest BCUT2D eigenvalue weighted by Gasteiger charge is -2.22. The number of nitrogens with two attached hydrogens (primary N) is 1. The van der Waals surface area contributed by atoms with E-state index in [9.17, 15) is 13.6 Å². The molecule has 6 nitrogen and oxygen atoms in total. The first-order chi connectivity index (χ1) is 8.45. The Morgan fingerprint density at radius 1 is 1.56 bits per heavy atom. The van der Waals surface area contributed by atoms with E-state index >= 15 is 0 Å². The highest BCUT2D eigenvalue weighted by Crippen LogP contribution is 2.18. The van der Waals surface area contributed by atoms with Gasteiger partial charge in [-0.05, 0) is 6.07 Å². The van der Waals surface area contributed by atoms with Crippen LogP contribution < -0.4 is 10.6 Å². The third-order valence-electron chi connectivity index (χ3n) is 2.20. The smallest absolute Gasteiger partial charge is 0.337 e. The SMILES string of the molecule is Nc1cnc(N(CCO)CC(F)F)cc1C(=O)O. The standard InChI is InChI=1S/C10H13F2N3O3/c11-8(12)5-15(1-2-16)9-3-6(10(17)18)7(13)4-14-9/h3-4,8,16H,1-2,5,13H2,(H,17,18). The van der Waals surface area contributed by atoms with Crippen molar-refractivity contribution >= 4 is 17.5 Å². The lowest BCUT2D eigenvalue weighted by Crippen LogP contribution is -2.32. The molecule has 0 atom stereocenters. The molecule has 0 radical (unpaired) electrons. The highest BCUT2D eigenvalue weighted by molar-refractivity contribution is 5.94. The lowest BCUT2D eigenvalue weighted by molar-refractivity contribution is 0.0698. The van der Waals surface area contributed by atoms with Gasteiger partial charge in [-0.25, -0.2) is 18.6 Å². The predicted octanol–water partition coefficient (Wildman–Crippen LogP) is 0.426. The number of carboxylic acid groups (broad SMARTS) is 1. The molecule has 1 rings (SSSR count). The lowest BCUT2D eigenvalue weighted by atomic mass is 10.2. The quantitative estimate of drug-likeness (QED) is 0.686. The van der Waals surface area contributed by atoms with Crippen LogP contribution in [0.15, 0.2) is 12.3 Å². The van der Waals surface area contributed by atoms with E-state index in [4.69, 9.17) is 15.9 Å². The summed E-state index contributed by atoms with van der Waals surface area (Å²) < 4.78 is 24.7. The molecule has 1 heterocycles. The molecule has 0 spiro atoms. The molecule has 0 amide bonds. The van der Waals surface area contributed by atoms with Crippen LogP contribution in [0.25, 0.3) is 0 Å². The molecule has 0 bridgehead atoms. The maximum absolute atomic E-state index is 12.3. The zero-order chi connectivity index (χ0) is 13.7. The largest absolute Gasteiger partial charge is 0.478 e. The molecular weight excluding hydrogens is 248 g/mol. The van der Waals surface area contributed by atoms with E-state index in [-0.39, 0.29) is 30.2 Å². The van der Waals surface area contributed by atoms with Crippen molar-refractivity contribution in [2.45, 2.75) is 6.43 Å². The van der Waals surface area contributed by atoms with Gasteiger partial charge in [0.15, 0.2) is 0 Å². The molecule has 0 saturated heterocycles. The second kappa shape index (κ2) is 6.10. The van der Waals surface area contributed by atoms with Gasteiger partial charge in [0.2, 0.25) is 0 Å². The molecule has 4 N–H and O–H groups in total. The highest BCUT2D eigenvalue weighted by atomic mass is 19.3. The second-order valence-electron chi connectivity index (χ2n) is 3.50. The Balaban J connectivity index is 3.04. The number of hydrogen-bond acceptors (Lipinski definition) is 5.